The number of nitrogens with zero attached hydrogens (tertiary/aromatic N) is 3. The highest BCUT2D eigenvalue weighted by atomic mass is 32.2. The van der Waals surface area contributed by atoms with Gasteiger partial charge in [-0.05, 0) is 74.7 Å². The largest absolute Gasteiger partial charge is 0.437 e. The van der Waals surface area contributed by atoms with Gasteiger partial charge in [0.25, 0.3) is 10.0 Å². The Morgan fingerprint density at radius 1 is 0.943 bits per heavy atom. The normalized spacial score (nSPS) is 15.4. The van der Waals surface area contributed by atoms with Crippen LogP contribution in [0.4, 0.5) is 5.69 Å². The van der Waals surface area contributed by atoms with E-state index in [1.54, 1.807) is 30.5 Å². The third-order valence-corrected chi connectivity index (χ3v) is 8.64. The van der Waals surface area contributed by atoms with Gasteiger partial charge in [-0.25, -0.2) is 12.4 Å². The lowest BCUT2D eigenvalue weighted by Crippen LogP contribution is -2.49. The van der Waals surface area contributed by atoms with Crippen LogP contribution in [0, 0.1) is 0 Å². The van der Waals surface area contributed by atoms with E-state index in [-0.39, 0.29) is 4.90 Å². The number of benzene rings is 3. The smallest absolute Gasteiger partial charge is 0.376 e. The molecule has 0 saturated carbocycles. The fourth-order valence-electron chi connectivity index (χ4n) is 4.98. The molecule has 0 spiro atoms. The van der Waals surface area contributed by atoms with Crippen molar-refractivity contribution in [2.75, 3.05) is 18.0 Å². The summed E-state index contributed by atoms with van der Waals surface area (Å²) in [6, 6.07) is 27.2. The van der Waals surface area contributed by atoms with Gasteiger partial charge in [0, 0.05) is 29.9 Å². The molecule has 0 atom stereocenters. The summed E-state index contributed by atoms with van der Waals surface area (Å²) >= 11 is 0. The maximum absolute atomic E-state index is 13.2. The molecular formula is C27H30BN3O3S. The summed E-state index contributed by atoms with van der Waals surface area (Å²) in [7, 11) is -4.09. The second-order valence-corrected chi connectivity index (χ2v) is 11.0. The zero-order chi connectivity index (χ0) is 24.4. The molecular weight excluding hydrogens is 457 g/mol. The predicted molar refractivity (Wildman–Crippen MR) is 142 cm³/mol. The van der Waals surface area contributed by atoms with Crippen molar-refractivity contribution < 1.29 is 13.4 Å². The molecule has 1 aliphatic rings. The minimum absolute atomic E-state index is 0.275. The summed E-state index contributed by atoms with van der Waals surface area (Å²) in [6.07, 6.45) is 3.55. The standard InChI is InChI=1S/C27H30BN3O3S/c1-28(32)29-17-15-24(16-18-29)30(21-22-8-4-2-5-9-22)25-12-13-27-23(20-25)14-19-31(27)35(33,34)26-10-6-3-7-11-26/h2-14,19-20,24,32H,15-18,21H2,1H3. The zero-order valence-electron chi connectivity index (χ0n) is 19.9. The second-order valence-electron chi connectivity index (χ2n) is 9.19. The molecule has 4 aromatic rings. The number of piperidine rings is 1. The van der Waals surface area contributed by atoms with E-state index in [0.29, 0.717) is 11.6 Å². The minimum atomic E-state index is -3.66. The van der Waals surface area contributed by atoms with Crippen molar-refractivity contribution in [2.45, 2.75) is 37.1 Å². The Bertz CT molecular complexity index is 1380. The molecule has 1 aliphatic heterocycles. The number of hydrogen-bond donors (Lipinski definition) is 1. The number of aromatic nitrogens is 1. The highest BCUT2D eigenvalue weighted by Gasteiger charge is 2.28. The number of rotatable bonds is 7. The summed E-state index contributed by atoms with van der Waals surface area (Å²) in [5.41, 5.74) is 2.97. The van der Waals surface area contributed by atoms with Crippen LogP contribution >= 0.6 is 0 Å². The topological polar surface area (TPSA) is 65.8 Å². The van der Waals surface area contributed by atoms with E-state index < -0.39 is 17.1 Å². The quantitative estimate of drug-likeness (QED) is 0.390. The fraction of sp³-hybridized carbons (Fsp3) is 0.259. The molecule has 35 heavy (non-hydrogen) atoms. The van der Waals surface area contributed by atoms with E-state index in [4.69, 9.17) is 0 Å². The zero-order valence-corrected chi connectivity index (χ0v) is 20.7. The van der Waals surface area contributed by atoms with E-state index in [9.17, 15) is 13.4 Å². The van der Waals surface area contributed by atoms with Crippen LogP contribution in [0.25, 0.3) is 10.9 Å². The monoisotopic (exact) mass is 487 g/mol. The van der Waals surface area contributed by atoms with Gasteiger partial charge in [-0.3, -0.25) is 0 Å². The molecule has 1 aromatic heterocycles. The minimum Gasteiger partial charge on any atom is -0.437 e. The van der Waals surface area contributed by atoms with Gasteiger partial charge < -0.3 is 14.7 Å². The van der Waals surface area contributed by atoms with Crippen LogP contribution in [-0.4, -0.2) is 48.4 Å². The Balaban J connectivity index is 1.49. The Hall–Kier alpha value is -3.07. The highest BCUT2D eigenvalue weighted by molar-refractivity contribution is 7.90. The summed E-state index contributed by atoms with van der Waals surface area (Å²) < 4.78 is 27.8. The first-order valence-corrected chi connectivity index (χ1v) is 13.5. The highest BCUT2D eigenvalue weighted by Crippen LogP contribution is 2.31. The lowest BCUT2D eigenvalue weighted by molar-refractivity contribution is 0.281. The van der Waals surface area contributed by atoms with Gasteiger partial charge in [0.2, 0.25) is 0 Å². The van der Waals surface area contributed by atoms with Crippen LogP contribution in [0.1, 0.15) is 18.4 Å². The average molecular weight is 487 g/mol. The van der Waals surface area contributed by atoms with Crippen LogP contribution in [0.5, 0.6) is 0 Å². The Morgan fingerprint density at radius 3 is 2.26 bits per heavy atom. The lowest BCUT2D eigenvalue weighted by atomic mass is 9.82. The van der Waals surface area contributed by atoms with Crippen molar-refractivity contribution in [2.24, 2.45) is 0 Å². The van der Waals surface area contributed by atoms with Crippen LogP contribution in [0.15, 0.2) is 96.0 Å². The van der Waals surface area contributed by atoms with Gasteiger partial charge in [-0.2, -0.15) is 0 Å². The first-order valence-electron chi connectivity index (χ1n) is 12.1. The fourth-order valence-corrected chi connectivity index (χ4v) is 6.36. The Labute approximate surface area is 207 Å². The van der Waals surface area contributed by atoms with Crippen molar-refractivity contribution in [3.8, 4) is 0 Å². The molecule has 0 amide bonds. The molecule has 180 valence electrons. The van der Waals surface area contributed by atoms with Crippen molar-refractivity contribution in [3.63, 3.8) is 0 Å². The maximum atomic E-state index is 13.2. The number of hydrogen-bond acceptors (Lipinski definition) is 5. The van der Waals surface area contributed by atoms with E-state index in [1.165, 1.54) is 9.54 Å². The van der Waals surface area contributed by atoms with Gasteiger partial charge in [-0.15, -0.1) is 0 Å². The number of anilines is 1. The second kappa shape index (κ2) is 9.89. The van der Waals surface area contributed by atoms with Crippen molar-refractivity contribution in [3.05, 3.63) is 96.7 Å². The van der Waals surface area contributed by atoms with Crippen LogP contribution < -0.4 is 4.90 Å². The molecule has 6 nitrogen and oxygen atoms in total. The molecule has 1 N–H and O–H groups in total. The molecule has 1 saturated heterocycles. The maximum Gasteiger partial charge on any atom is 0.376 e. The van der Waals surface area contributed by atoms with E-state index in [1.807, 2.05) is 37.2 Å². The molecule has 8 heteroatoms. The van der Waals surface area contributed by atoms with Crippen LogP contribution in [-0.2, 0) is 16.6 Å². The van der Waals surface area contributed by atoms with Crippen molar-refractivity contribution in [1.29, 1.82) is 0 Å². The van der Waals surface area contributed by atoms with E-state index >= 15 is 0 Å². The molecule has 1 fully saturated rings. The van der Waals surface area contributed by atoms with E-state index in [2.05, 4.69) is 40.0 Å². The summed E-state index contributed by atoms with van der Waals surface area (Å²) in [4.78, 5) is 4.81. The Kier molecular flexibility index (Phi) is 6.69. The SMILES string of the molecule is CB(O)N1CCC(N(Cc2ccccc2)c2ccc3c(ccn3S(=O)(=O)c3ccccc3)c2)CC1. The first kappa shape index (κ1) is 23.7. The molecule has 0 bridgehead atoms. The van der Waals surface area contributed by atoms with Gasteiger partial charge in [0.05, 0.1) is 10.4 Å². The molecule has 5 rings (SSSR count). The average Bonchev–Trinajstić information content (AvgIpc) is 3.33. The third kappa shape index (κ3) is 4.87. The van der Waals surface area contributed by atoms with Crippen LogP contribution in [0.2, 0.25) is 6.82 Å². The third-order valence-electron chi connectivity index (χ3n) is 6.93. The van der Waals surface area contributed by atoms with Gasteiger partial charge in [0.1, 0.15) is 0 Å². The molecule has 2 heterocycles. The summed E-state index contributed by atoms with van der Waals surface area (Å²) in [6.45, 7) is 4.29. The molecule has 0 unspecified atom stereocenters. The van der Waals surface area contributed by atoms with E-state index in [0.717, 1.165) is 43.5 Å². The van der Waals surface area contributed by atoms with Gasteiger partial charge in [-0.1, -0.05) is 48.5 Å². The number of fused-ring (bicyclic) bond motifs is 1. The molecule has 0 radical (unpaired) electrons. The first-order chi connectivity index (χ1) is 16.9. The van der Waals surface area contributed by atoms with Crippen molar-refractivity contribution in [1.82, 2.24) is 8.78 Å². The Morgan fingerprint density at radius 2 is 1.60 bits per heavy atom. The van der Waals surface area contributed by atoms with Crippen LogP contribution in [0.3, 0.4) is 0 Å². The summed E-state index contributed by atoms with van der Waals surface area (Å²) in [5.74, 6) is 0. The molecule has 0 aliphatic carbocycles. The van der Waals surface area contributed by atoms with Gasteiger partial charge in [0.15, 0.2) is 0 Å². The molecule has 3 aromatic carbocycles. The van der Waals surface area contributed by atoms with Gasteiger partial charge >= 0.3 is 7.05 Å². The summed E-state index contributed by atoms with van der Waals surface area (Å²) in [5, 5.41) is 10.9. The lowest BCUT2D eigenvalue weighted by Gasteiger charge is -2.40. The van der Waals surface area contributed by atoms with Crippen molar-refractivity contribution >= 4 is 33.7 Å². The predicted octanol–water partition coefficient (Wildman–Crippen LogP) is 4.46.